The van der Waals surface area contributed by atoms with Gasteiger partial charge in [-0.2, -0.15) is 5.10 Å². The summed E-state index contributed by atoms with van der Waals surface area (Å²) in [6, 6.07) is 7.82. The molecular formula is C11H8ClN5. The number of nitrogens with one attached hydrogen (secondary N) is 2. The van der Waals surface area contributed by atoms with Gasteiger partial charge in [0, 0.05) is 5.39 Å². The molecule has 6 heteroatoms. The van der Waals surface area contributed by atoms with E-state index in [4.69, 9.17) is 11.6 Å². The molecule has 3 rings (SSSR count). The highest BCUT2D eigenvalue weighted by molar-refractivity contribution is 6.32. The average Bonchev–Trinajstić information content (AvgIpc) is 2.76. The van der Waals surface area contributed by atoms with Crippen LogP contribution in [0.1, 0.15) is 0 Å². The Kier molecular flexibility index (Phi) is 2.38. The third-order valence-electron chi connectivity index (χ3n) is 2.37. The van der Waals surface area contributed by atoms with Crippen molar-refractivity contribution in [2.45, 2.75) is 0 Å². The van der Waals surface area contributed by atoms with E-state index in [0.29, 0.717) is 16.7 Å². The fourth-order valence-electron chi connectivity index (χ4n) is 1.58. The molecule has 0 spiro atoms. The molecule has 0 saturated carbocycles. The molecule has 84 valence electrons. The summed E-state index contributed by atoms with van der Waals surface area (Å²) in [5.41, 5.74) is 0.958. The molecule has 0 aliphatic carbocycles. The lowest BCUT2D eigenvalue weighted by Gasteiger charge is -2.03. The second-order valence-corrected chi connectivity index (χ2v) is 3.87. The van der Waals surface area contributed by atoms with Crippen LogP contribution >= 0.6 is 11.6 Å². The van der Waals surface area contributed by atoms with Crippen molar-refractivity contribution in [3.8, 4) is 0 Å². The van der Waals surface area contributed by atoms with Gasteiger partial charge in [0.1, 0.15) is 11.3 Å². The van der Waals surface area contributed by atoms with Gasteiger partial charge in [0.15, 0.2) is 11.6 Å². The van der Waals surface area contributed by atoms with E-state index in [9.17, 15) is 0 Å². The van der Waals surface area contributed by atoms with Crippen LogP contribution in [0.15, 0.2) is 36.8 Å². The Balaban J connectivity index is 2.03. The number of fused-ring (bicyclic) bond motifs is 1. The maximum atomic E-state index is 5.97. The van der Waals surface area contributed by atoms with Gasteiger partial charge in [-0.25, -0.2) is 9.97 Å². The Morgan fingerprint density at radius 1 is 1.18 bits per heavy atom. The Labute approximate surface area is 102 Å². The molecule has 17 heavy (non-hydrogen) atoms. The second kappa shape index (κ2) is 4.03. The maximum absolute atomic E-state index is 5.97. The zero-order chi connectivity index (χ0) is 11.7. The number of H-pyrrole nitrogens is 1. The number of aromatic nitrogens is 4. The zero-order valence-electron chi connectivity index (χ0n) is 8.68. The van der Waals surface area contributed by atoms with Gasteiger partial charge in [-0.15, -0.1) is 0 Å². The largest absolute Gasteiger partial charge is 0.322 e. The summed E-state index contributed by atoms with van der Waals surface area (Å²) in [6.07, 6.45) is 2.97. The number of halogens is 1. The van der Waals surface area contributed by atoms with Crippen molar-refractivity contribution >= 4 is 34.1 Å². The SMILES string of the molecule is Clc1cncnc1Nc1n[nH]c2ccccc12. The number of nitrogens with zero attached hydrogens (tertiary/aromatic N) is 3. The molecule has 0 fully saturated rings. The van der Waals surface area contributed by atoms with Crippen LogP contribution in [-0.2, 0) is 0 Å². The Morgan fingerprint density at radius 2 is 2.06 bits per heavy atom. The first kappa shape index (κ1) is 10.0. The zero-order valence-corrected chi connectivity index (χ0v) is 9.44. The monoisotopic (exact) mass is 245 g/mol. The van der Waals surface area contributed by atoms with Crippen molar-refractivity contribution in [3.05, 3.63) is 41.8 Å². The maximum Gasteiger partial charge on any atom is 0.161 e. The van der Waals surface area contributed by atoms with E-state index in [1.807, 2.05) is 24.3 Å². The minimum atomic E-state index is 0.458. The predicted octanol–water partition coefficient (Wildman–Crippen LogP) is 2.75. The van der Waals surface area contributed by atoms with Crippen molar-refractivity contribution in [1.82, 2.24) is 20.2 Å². The fourth-order valence-corrected chi connectivity index (χ4v) is 1.73. The van der Waals surface area contributed by atoms with E-state index in [1.165, 1.54) is 12.5 Å². The van der Waals surface area contributed by atoms with E-state index in [2.05, 4.69) is 25.5 Å². The highest BCUT2D eigenvalue weighted by Gasteiger charge is 2.07. The molecule has 0 saturated heterocycles. The molecule has 1 aromatic carbocycles. The molecule has 0 aliphatic rings. The molecule has 0 aliphatic heterocycles. The number of aromatic amines is 1. The summed E-state index contributed by atoms with van der Waals surface area (Å²) in [5.74, 6) is 1.24. The molecule has 2 heterocycles. The van der Waals surface area contributed by atoms with Gasteiger partial charge in [-0.1, -0.05) is 23.7 Å². The van der Waals surface area contributed by atoms with Gasteiger partial charge in [0.05, 0.1) is 11.7 Å². The van der Waals surface area contributed by atoms with Gasteiger partial charge in [-0.05, 0) is 12.1 Å². The van der Waals surface area contributed by atoms with Gasteiger partial charge < -0.3 is 5.32 Å². The van der Waals surface area contributed by atoms with Crippen LogP contribution in [-0.4, -0.2) is 20.2 Å². The number of hydrogen-bond acceptors (Lipinski definition) is 4. The lowest BCUT2D eigenvalue weighted by Crippen LogP contribution is -1.95. The first-order chi connectivity index (χ1) is 8.34. The van der Waals surface area contributed by atoms with Gasteiger partial charge in [0.2, 0.25) is 0 Å². The van der Waals surface area contributed by atoms with Crippen LogP contribution in [0.3, 0.4) is 0 Å². The normalized spacial score (nSPS) is 10.6. The fraction of sp³-hybridized carbons (Fsp3) is 0. The highest BCUT2D eigenvalue weighted by Crippen LogP contribution is 2.25. The van der Waals surface area contributed by atoms with Crippen molar-refractivity contribution in [1.29, 1.82) is 0 Å². The molecule has 0 bridgehead atoms. The minimum absolute atomic E-state index is 0.458. The molecule has 0 radical (unpaired) electrons. The number of hydrogen-bond donors (Lipinski definition) is 2. The molecular weight excluding hydrogens is 238 g/mol. The van der Waals surface area contributed by atoms with Crippen LogP contribution < -0.4 is 5.32 Å². The smallest absolute Gasteiger partial charge is 0.161 e. The van der Waals surface area contributed by atoms with Gasteiger partial charge in [0.25, 0.3) is 0 Å². The first-order valence-corrected chi connectivity index (χ1v) is 5.38. The van der Waals surface area contributed by atoms with Crippen molar-refractivity contribution in [2.75, 3.05) is 5.32 Å². The van der Waals surface area contributed by atoms with Crippen molar-refractivity contribution in [3.63, 3.8) is 0 Å². The molecule has 0 unspecified atom stereocenters. The quantitative estimate of drug-likeness (QED) is 0.729. The number of para-hydroxylation sites is 1. The Morgan fingerprint density at radius 3 is 2.94 bits per heavy atom. The molecule has 0 amide bonds. The third kappa shape index (κ3) is 1.81. The van der Waals surface area contributed by atoms with E-state index >= 15 is 0 Å². The standard InChI is InChI=1S/C11H8ClN5/c12-8-5-13-6-14-11(8)15-10-7-3-1-2-4-9(7)16-17-10/h1-6H,(H2,13,14,15,16,17). The van der Waals surface area contributed by atoms with E-state index in [-0.39, 0.29) is 0 Å². The predicted molar refractivity (Wildman–Crippen MR) is 66.4 cm³/mol. The van der Waals surface area contributed by atoms with E-state index in [1.54, 1.807) is 0 Å². The highest BCUT2D eigenvalue weighted by atomic mass is 35.5. The van der Waals surface area contributed by atoms with E-state index < -0.39 is 0 Å². The average molecular weight is 246 g/mol. The molecule has 5 nitrogen and oxygen atoms in total. The third-order valence-corrected chi connectivity index (χ3v) is 2.65. The molecule has 3 aromatic rings. The van der Waals surface area contributed by atoms with E-state index in [0.717, 1.165) is 10.9 Å². The summed E-state index contributed by atoms with van der Waals surface area (Å²) < 4.78 is 0. The molecule has 2 N–H and O–H groups in total. The Hall–Kier alpha value is -2.14. The number of benzene rings is 1. The van der Waals surface area contributed by atoms with Crippen LogP contribution in [0.5, 0.6) is 0 Å². The number of rotatable bonds is 2. The molecule has 2 aromatic heterocycles. The second-order valence-electron chi connectivity index (χ2n) is 3.46. The van der Waals surface area contributed by atoms with Crippen molar-refractivity contribution < 1.29 is 0 Å². The summed E-state index contributed by atoms with van der Waals surface area (Å²) in [6.45, 7) is 0. The Bertz CT molecular complexity index is 664. The van der Waals surface area contributed by atoms with Crippen LogP contribution in [0.4, 0.5) is 11.6 Å². The lowest BCUT2D eigenvalue weighted by atomic mass is 10.2. The van der Waals surface area contributed by atoms with Gasteiger partial charge in [-0.3, -0.25) is 5.10 Å². The summed E-state index contributed by atoms with van der Waals surface area (Å²) in [7, 11) is 0. The first-order valence-electron chi connectivity index (χ1n) is 5.00. The van der Waals surface area contributed by atoms with Gasteiger partial charge >= 0.3 is 0 Å². The van der Waals surface area contributed by atoms with Crippen LogP contribution in [0.2, 0.25) is 5.02 Å². The van der Waals surface area contributed by atoms with Crippen molar-refractivity contribution in [2.24, 2.45) is 0 Å². The van der Waals surface area contributed by atoms with Crippen LogP contribution in [0, 0.1) is 0 Å². The summed E-state index contributed by atoms with van der Waals surface area (Å²) >= 11 is 5.97. The topological polar surface area (TPSA) is 66.5 Å². The minimum Gasteiger partial charge on any atom is -0.322 e. The summed E-state index contributed by atoms with van der Waals surface area (Å²) in [5, 5.41) is 11.6. The summed E-state index contributed by atoms with van der Waals surface area (Å²) in [4.78, 5) is 7.88. The lowest BCUT2D eigenvalue weighted by molar-refractivity contribution is 1.11. The number of anilines is 2. The molecule has 0 atom stereocenters. The van der Waals surface area contributed by atoms with Crippen LogP contribution in [0.25, 0.3) is 10.9 Å².